The molecule has 2 fully saturated rings. The van der Waals surface area contributed by atoms with Gasteiger partial charge in [0.25, 0.3) is 0 Å². The van der Waals surface area contributed by atoms with E-state index in [1.165, 1.54) is 17.7 Å². The molecule has 144 valence electrons. The quantitative estimate of drug-likeness (QED) is 0.854. The van der Waals surface area contributed by atoms with Gasteiger partial charge >= 0.3 is 5.97 Å². The van der Waals surface area contributed by atoms with Crippen LogP contribution in [0.15, 0.2) is 11.0 Å². The molecule has 1 aliphatic carbocycles. The fraction of sp³-hybridized carbons (Fsp3) is 0.474. The van der Waals surface area contributed by atoms with Crippen molar-refractivity contribution in [3.05, 3.63) is 39.2 Å². The molecule has 1 unspecified atom stereocenters. The number of rotatable bonds is 4. The lowest BCUT2D eigenvalue weighted by Crippen LogP contribution is -2.27. The number of aromatic nitrogens is 1. The Morgan fingerprint density at radius 2 is 2.00 bits per heavy atom. The molecule has 1 saturated carbocycles. The largest absolute Gasteiger partial charge is 0.477 e. The van der Waals surface area contributed by atoms with Gasteiger partial charge in [0.2, 0.25) is 5.43 Å². The monoisotopic (exact) mass is 377 g/mol. The van der Waals surface area contributed by atoms with Gasteiger partial charge in [-0.3, -0.25) is 4.79 Å². The maximum Gasteiger partial charge on any atom is 0.341 e. The summed E-state index contributed by atoms with van der Waals surface area (Å²) >= 11 is 0. The highest BCUT2D eigenvalue weighted by Gasteiger charge is 2.34. The van der Waals surface area contributed by atoms with Crippen molar-refractivity contribution in [2.45, 2.75) is 32.2 Å². The number of carboxylic acids is 1. The molecule has 2 aliphatic rings. The van der Waals surface area contributed by atoms with Gasteiger partial charge in [-0.15, -0.1) is 0 Å². The minimum atomic E-state index is -1.40. The Balaban J connectivity index is 2.04. The van der Waals surface area contributed by atoms with Gasteiger partial charge in [-0.1, -0.05) is 0 Å². The van der Waals surface area contributed by atoms with Crippen LogP contribution in [0.3, 0.4) is 0 Å². The highest BCUT2D eigenvalue weighted by Crippen LogP contribution is 2.41. The topological polar surface area (TPSA) is 88.6 Å². The molecule has 2 aromatic rings. The second kappa shape index (κ2) is 6.30. The van der Waals surface area contributed by atoms with E-state index in [0.29, 0.717) is 19.6 Å². The maximum absolute atomic E-state index is 15.5. The molecule has 1 aliphatic heterocycles. The average Bonchev–Trinajstić information content (AvgIpc) is 3.37. The number of pyridine rings is 1. The van der Waals surface area contributed by atoms with Crippen molar-refractivity contribution in [2.24, 2.45) is 11.7 Å². The van der Waals surface area contributed by atoms with Crippen molar-refractivity contribution in [3.8, 4) is 0 Å². The summed E-state index contributed by atoms with van der Waals surface area (Å²) in [6, 6.07) is -0.0752. The lowest BCUT2D eigenvalue weighted by atomic mass is 10.0. The van der Waals surface area contributed by atoms with E-state index in [9.17, 15) is 14.7 Å². The molecule has 0 radical (unpaired) electrons. The summed E-state index contributed by atoms with van der Waals surface area (Å²) in [7, 11) is 0. The third kappa shape index (κ3) is 2.70. The van der Waals surface area contributed by atoms with Gasteiger partial charge in [0.1, 0.15) is 11.3 Å². The Morgan fingerprint density at radius 1 is 1.30 bits per heavy atom. The van der Waals surface area contributed by atoms with E-state index in [0.717, 1.165) is 19.3 Å². The van der Waals surface area contributed by atoms with Crippen molar-refractivity contribution < 1.29 is 18.7 Å². The lowest BCUT2D eigenvalue weighted by Gasteiger charge is -2.24. The average molecular weight is 377 g/mol. The molecule has 1 atom stereocenters. The van der Waals surface area contributed by atoms with Gasteiger partial charge in [0.15, 0.2) is 11.6 Å². The fourth-order valence-electron chi connectivity index (χ4n) is 4.00. The van der Waals surface area contributed by atoms with Crippen LogP contribution in [0.25, 0.3) is 10.9 Å². The summed E-state index contributed by atoms with van der Waals surface area (Å²) in [6.45, 7) is 2.79. The summed E-state index contributed by atoms with van der Waals surface area (Å²) in [6.07, 6.45) is 3.48. The molecule has 0 spiro atoms. The van der Waals surface area contributed by atoms with Crippen LogP contribution in [-0.4, -0.2) is 35.3 Å². The summed E-state index contributed by atoms with van der Waals surface area (Å²) < 4.78 is 32.2. The number of carboxylic acid groups (broad SMARTS) is 1. The third-order valence-electron chi connectivity index (χ3n) is 5.67. The first-order chi connectivity index (χ1) is 12.8. The zero-order valence-corrected chi connectivity index (χ0v) is 15.0. The zero-order valence-electron chi connectivity index (χ0n) is 15.0. The predicted molar refractivity (Wildman–Crippen MR) is 97.5 cm³/mol. The number of hydrogen-bond acceptors (Lipinski definition) is 4. The minimum Gasteiger partial charge on any atom is -0.477 e. The van der Waals surface area contributed by atoms with Crippen molar-refractivity contribution >= 4 is 22.6 Å². The van der Waals surface area contributed by atoms with Crippen LogP contribution in [0.1, 0.15) is 41.2 Å². The van der Waals surface area contributed by atoms with E-state index in [1.807, 2.05) is 0 Å². The van der Waals surface area contributed by atoms with Gasteiger partial charge < -0.3 is 20.3 Å². The van der Waals surface area contributed by atoms with Gasteiger partial charge in [-0.25, -0.2) is 13.6 Å². The molecule has 4 rings (SSSR count). The van der Waals surface area contributed by atoms with Crippen molar-refractivity contribution in [1.82, 2.24) is 4.57 Å². The molecular weight excluding hydrogens is 356 g/mol. The summed E-state index contributed by atoms with van der Waals surface area (Å²) in [5.41, 5.74) is 4.22. The Kier molecular flexibility index (Phi) is 4.18. The Bertz CT molecular complexity index is 1010. The predicted octanol–water partition coefficient (Wildman–Crippen LogP) is 2.41. The number of benzene rings is 1. The second-order valence-corrected chi connectivity index (χ2v) is 7.48. The summed E-state index contributed by atoms with van der Waals surface area (Å²) in [4.78, 5) is 25.8. The first-order valence-corrected chi connectivity index (χ1v) is 9.09. The number of aromatic carboxylic acids is 1. The molecule has 27 heavy (non-hydrogen) atoms. The van der Waals surface area contributed by atoms with Gasteiger partial charge in [-0.05, 0) is 38.6 Å². The molecule has 2 heterocycles. The van der Waals surface area contributed by atoms with Crippen LogP contribution >= 0.6 is 0 Å². The van der Waals surface area contributed by atoms with Gasteiger partial charge in [0.05, 0.1) is 10.9 Å². The second-order valence-electron chi connectivity index (χ2n) is 7.48. The van der Waals surface area contributed by atoms with E-state index >= 15 is 8.78 Å². The van der Waals surface area contributed by atoms with Crippen LogP contribution in [-0.2, 0) is 0 Å². The van der Waals surface area contributed by atoms with E-state index in [1.54, 1.807) is 4.90 Å². The molecule has 1 aromatic carbocycles. The first kappa shape index (κ1) is 17.9. The first-order valence-electron chi connectivity index (χ1n) is 9.09. The maximum atomic E-state index is 15.5. The fourth-order valence-corrected chi connectivity index (χ4v) is 4.00. The highest BCUT2D eigenvalue weighted by molar-refractivity contribution is 5.95. The van der Waals surface area contributed by atoms with Crippen LogP contribution in [0.5, 0.6) is 0 Å². The lowest BCUT2D eigenvalue weighted by molar-refractivity contribution is 0.0695. The van der Waals surface area contributed by atoms with Crippen LogP contribution in [0.2, 0.25) is 0 Å². The smallest absolute Gasteiger partial charge is 0.341 e. The van der Waals surface area contributed by atoms with E-state index < -0.39 is 28.6 Å². The molecule has 0 amide bonds. The summed E-state index contributed by atoms with van der Waals surface area (Å²) in [5, 5.41) is 9.16. The molecule has 3 N–H and O–H groups in total. The van der Waals surface area contributed by atoms with Crippen molar-refractivity contribution in [3.63, 3.8) is 0 Å². The van der Waals surface area contributed by atoms with Crippen LogP contribution in [0, 0.1) is 24.5 Å². The number of halogens is 2. The summed E-state index contributed by atoms with van der Waals surface area (Å²) in [5.74, 6) is -2.84. The Hall–Kier alpha value is -2.48. The Morgan fingerprint density at radius 3 is 2.56 bits per heavy atom. The molecule has 0 bridgehead atoms. The van der Waals surface area contributed by atoms with Crippen LogP contribution < -0.4 is 16.1 Å². The zero-order chi connectivity index (χ0) is 19.5. The van der Waals surface area contributed by atoms with Gasteiger partial charge in [0, 0.05) is 30.9 Å². The van der Waals surface area contributed by atoms with Crippen molar-refractivity contribution in [1.29, 1.82) is 0 Å². The number of anilines is 1. The molecule has 6 nitrogen and oxygen atoms in total. The van der Waals surface area contributed by atoms with E-state index in [4.69, 9.17) is 5.73 Å². The normalized spacial score (nSPS) is 19.9. The standard InChI is InChI=1S/C19H21F2N3O3/c1-9-13-16(24(11-2-3-11)8-12(18(13)25)19(26)27)15(21)17(14(9)20)23-5-4-10(6-22)7-23/h8,10-11H,2-7,22H2,1H3,(H,26,27). The third-order valence-corrected chi connectivity index (χ3v) is 5.67. The highest BCUT2D eigenvalue weighted by atomic mass is 19.1. The number of carbonyl (C=O) groups is 1. The molecular formula is C19H21F2N3O3. The number of hydrogen-bond donors (Lipinski definition) is 2. The number of nitrogens with zero attached hydrogens (tertiary/aromatic N) is 2. The Labute approximate surface area is 154 Å². The van der Waals surface area contributed by atoms with Crippen LogP contribution in [0.4, 0.5) is 14.5 Å². The molecule has 8 heteroatoms. The molecule has 1 saturated heterocycles. The number of aryl methyl sites for hydroxylation is 1. The van der Waals surface area contributed by atoms with E-state index in [2.05, 4.69) is 0 Å². The SMILES string of the molecule is Cc1c(F)c(N2CCC(CN)C2)c(F)c2c1c(=O)c(C(=O)O)cn2C1CC1. The van der Waals surface area contributed by atoms with Crippen molar-refractivity contribution in [2.75, 3.05) is 24.5 Å². The number of fused-ring (bicyclic) bond motifs is 1. The molecule has 1 aromatic heterocycles. The number of nitrogens with two attached hydrogens (primary N) is 1. The minimum absolute atomic E-state index is 0.00222. The van der Waals surface area contributed by atoms with Gasteiger partial charge in [-0.2, -0.15) is 0 Å². The van der Waals surface area contributed by atoms with E-state index in [-0.39, 0.29) is 34.1 Å².